The van der Waals surface area contributed by atoms with Crippen molar-refractivity contribution in [1.82, 2.24) is 0 Å². The maximum atomic E-state index is 13.0. The van der Waals surface area contributed by atoms with Crippen molar-refractivity contribution in [2.24, 2.45) is 11.7 Å². The first-order valence-corrected chi connectivity index (χ1v) is 6.19. The van der Waals surface area contributed by atoms with E-state index in [-0.39, 0.29) is 5.82 Å². The molecule has 2 N–H and O–H groups in total. The van der Waals surface area contributed by atoms with Gasteiger partial charge in [0.15, 0.2) is 0 Å². The minimum atomic E-state index is -0.169. The van der Waals surface area contributed by atoms with Crippen LogP contribution in [0.3, 0.4) is 0 Å². The number of hydrogen-bond donors (Lipinski definition) is 1. The first kappa shape index (κ1) is 14.1. The second-order valence-corrected chi connectivity index (χ2v) is 4.42. The van der Waals surface area contributed by atoms with Crippen molar-refractivity contribution in [3.05, 3.63) is 35.6 Å². The highest BCUT2D eigenvalue weighted by Gasteiger charge is 2.08. The Morgan fingerprint density at radius 2 is 2.18 bits per heavy atom. The fourth-order valence-electron chi connectivity index (χ4n) is 1.98. The summed E-state index contributed by atoms with van der Waals surface area (Å²) in [6.07, 6.45) is 4.12. The third-order valence-electron chi connectivity index (χ3n) is 2.96. The van der Waals surface area contributed by atoms with E-state index >= 15 is 0 Å². The summed E-state index contributed by atoms with van der Waals surface area (Å²) >= 11 is 0. The standard InChI is InChI=1S/C14H22FNO/c1-17-8-3-2-5-13(11-16)9-12-6-4-7-14(15)10-12/h4,6-7,10,13H,2-3,5,8-9,11,16H2,1H3. The average Bonchev–Trinajstić information content (AvgIpc) is 2.33. The minimum Gasteiger partial charge on any atom is -0.385 e. The Morgan fingerprint density at radius 3 is 2.82 bits per heavy atom. The molecule has 0 saturated heterocycles. The van der Waals surface area contributed by atoms with Gasteiger partial charge in [-0.25, -0.2) is 4.39 Å². The van der Waals surface area contributed by atoms with Crippen LogP contribution in [0.15, 0.2) is 24.3 Å². The average molecular weight is 239 g/mol. The highest BCUT2D eigenvalue weighted by Crippen LogP contribution is 2.15. The van der Waals surface area contributed by atoms with Crippen LogP contribution < -0.4 is 5.73 Å². The number of rotatable bonds is 8. The molecule has 17 heavy (non-hydrogen) atoms. The Balaban J connectivity index is 2.35. The van der Waals surface area contributed by atoms with Crippen LogP contribution in [0.4, 0.5) is 4.39 Å². The van der Waals surface area contributed by atoms with Crippen molar-refractivity contribution in [3.63, 3.8) is 0 Å². The van der Waals surface area contributed by atoms with Gasteiger partial charge >= 0.3 is 0 Å². The number of ether oxygens (including phenoxy) is 1. The van der Waals surface area contributed by atoms with Crippen LogP contribution in [-0.4, -0.2) is 20.3 Å². The van der Waals surface area contributed by atoms with Crippen LogP contribution in [-0.2, 0) is 11.2 Å². The molecule has 0 aliphatic carbocycles. The number of methoxy groups -OCH3 is 1. The van der Waals surface area contributed by atoms with E-state index in [0.29, 0.717) is 12.5 Å². The van der Waals surface area contributed by atoms with Crippen LogP contribution in [0.5, 0.6) is 0 Å². The molecule has 1 rings (SSSR count). The Labute approximate surface area is 103 Å². The summed E-state index contributed by atoms with van der Waals surface area (Å²) in [6, 6.07) is 6.78. The van der Waals surface area contributed by atoms with Crippen LogP contribution in [0, 0.1) is 11.7 Å². The SMILES string of the molecule is COCCCCC(CN)Cc1cccc(F)c1. The van der Waals surface area contributed by atoms with Crippen LogP contribution in [0.25, 0.3) is 0 Å². The maximum Gasteiger partial charge on any atom is 0.123 e. The van der Waals surface area contributed by atoms with E-state index in [9.17, 15) is 4.39 Å². The molecule has 0 heterocycles. The molecule has 0 spiro atoms. The zero-order chi connectivity index (χ0) is 12.5. The summed E-state index contributed by atoms with van der Waals surface area (Å²) < 4.78 is 18.0. The zero-order valence-electron chi connectivity index (χ0n) is 10.5. The first-order chi connectivity index (χ1) is 8.26. The van der Waals surface area contributed by atoms with Gasteiger partial charge in [-0.1, -0.05) is 18.6 Å². The van der Waals surface area contributed by atoms with Crippen molar-refractivity contribution in [3.8, 4) is 0 Å². The summed E-state index contributed by atoms with van der Waals surface area (Å²) in [7, 11) is 1.72. The van der Waals surface area contributed by atoms with Gasteiger partial charge < -0.3 is 10.5 Å². The molecule has 1 aromatic carbocycles. The van der Waals surface area contributed by atoms with Gasteiger partial charge in [0, 0.05) is 13.7 Å². The van der Waals surface area contributed by atoms with Crippen LogP contribution >= 0.6 is 0 Å². The second-order valence-electron chi connectivity index (χ2n) is 4.42. The quantitative estimate of drug-likeness (QED) is 0.708. The van der Waals surface area contributed by atoms with Crippen molar-refractivity contribution in [2.45, 2.75) is 25.7 Å². The van der Waals surface area contributed by atoms with Gasteiger partial charge in [-0.15, -0.1) is 0 Å². The van der Waals surface area contributed by atoms with Gasteiger partial charge in [0.25, 0.3) is 0 Å². The second kappa shape index (κ2) is 8.20. The Hall–Kier alpha value is -0.930. The molecule has 0 aliphatic rings. The Kier molecular flexibility index (Phi) is 6.82. The molecule has 0 aromatic heterocycles. The normalized spacial score (nSPS) is 12.6. The van der Waals surface area contributed by atoms with Gasteiger partial charge in [-0.05, 0) is 49.4 Å². The number of nitrogens with two attached hydrogens (primary N) is 1. The van der Waals surface area contributed by atoms with E-state index in [1.54, 1.807) is 19.2 Å². The van der Waals surface area contributed by atoms with E-state index in [1.807, 2.05) is 6.07 Å². The van der Waals surface area contributed by atoms with Crippen molar-refractivity contribution < 1.29 is 9.13 Å². The number of halogens is 1. The molecule has 1 unspecified atom stereocenters. The lowest BCUT2D eigenvalue weighted by molar-refractivity contribution is 0.190. The minimum absolute atomic E-state index is 0.169. The fourth-order valence-corrected chi connectivity index (χ4v) is 1.98. The van der Waals surface area contributed by atoms with E-state index in [0.717, 1.165) is 37.9 Å². The van der Waals surface area contributed by atoms with E-state index < -0.39 is 0 Å². The Morgan fingerprint density at radius 1 is 1.35 bits per heavy atom. The molecular formula is C14H22FNO. The van der Waals surface area contributed by atoms with Gasteiger partial charge in [0.1, 0.15) is 5.82 Å². The molecular weight excluding hydrogens is 217 g/mol. The number of benzene rings is 1. The number of unbranched alkanes of at least 4 members (excludes halogenated alkanes) is 1. The maximum absolute atomic E-state index is 13.0. The van der Waals surface area contributed by atoms with Gasteiger partial charge in [0.2, 0.25) is 0 Å². The summed E-state index contributed by atoms with van der Waals surface area (Å²) in [5.74, 6) is 0.270. The largest absolute Gasteiger partial charge is 0.385 e. The molecule has 0 amide bonds. The van der Waals surface area contributed by atoms with E-state index in [4.69, 9.17) is 10.5 Å². The molecule has 0 bridgehead atoms. The third-order valence-corrected chi connectivity index (χ3v) is 2.96. The number of hydrogen-bond acceptors (Lipinski definition) is 2. The molecule has 0 radical (unpaired) electrons. The zero-order valence-corrected chi connectivity index (χ0v) is 10.5. The van der Waals surface area contributed by atoms with Gasteiger partial charge in [0.05, 0.1) is 0 Å². The lowest BCUT2D eigenvalue weighted by atomic mass is 9.94. The molecule has 2 nitrogen and oxygen atoms in total. The van der Waals surface area contributed by atoms with Crippen molar-refractivity contribution in [1.29, 1.82) is 0 Å². The lowest BCUT2D eigenvalue weighted by Crippen LogP contribution is -2.17. The fraction of sp³-hybridized carbons (Fsp3) is 0.571. The predicted molar refractivity (Wildman–Crippen MR) is 68.4 cm³/mol. The summed E-state index contributed by atoms with van der Waals surface area (Å²) in [6.45, 7) is 1.46. The van der Waals surface area contributed by atoms with Crippen LogP contribution in [0.2, 0.25) is 0 Å². The Bertz CT molecular complexity index is 317. The van der Waals surface area contributed by atoms with Gasteiger partial charge in [-0.2, -0.15) is 0 Å². The summed E-state index contributed by atoms with van der Waals surface area (Å²) in [5, 5.41) is 0. The molecule has 0 saturated carbocycles. The van der Waals surface area contributed by atoms with Crippen LogP contribution in [0.1, 0.15) is 24.8 Å². The molecule has 96 valence electrons. The van der Waals surface area contributed by atoms with Crippen molar-refractivity contribution >= 4 is 0 Å². The smallest absolute Gasteiger partial charge is 0.123 e. The molecule has 0 aliphatic heterocycles. The van der Waals surface area contributed by atoms with Gasteiger partial charge in [-0.3, -0.25) is 0 Å². The van der Waals surface area contributed by atoms with E-state index in [1.165, 1.54) is 6.07 Å². The molecule has 1 atom stereocenters. The molecule has 0 fully saturated rings. The molecule has 3 heteroatoms. The monoisotopic (exact) mass is 239 g/mol. The third kappa shape index (κ3) is 5.80. The predicted octanol–water partition coefficient (Wildman–Crippen LogP) is 2.76. The molecule has 1 aromatic rings. The highest BCUT2D eigenvalue weighted by molar-refractivity contribution is 5.16. The first-order valence-electron chi connectivity index (χ1n) is 6.19. The summed E-state index contributed by atoms with van der Waals surface area (Å²) in [5.41, 5.74) is 6.78. The van der Waals surface area contributed by atoms with Crippen molar-refractivity contribution in [2.75, 3.05) is 20.3 Å². The van der Waals surface area contributed by atoms with E-state index in [2.05, 4.69) is 0 Å². The lowest BCUT2D eigenvalue weighted by Gasteiger charge is -2.14. The summed E-state index contributed by atoms with van der Waals surface area (Å²) in [4.78, 5) is 0. The topological polar surface area (TPSA) is 35.2 Å². The highest BCUT2D eigenvalue weighted by atomic mass is 19.1.